The average Bonchev–Trinajstić information content (AvgIpc) is 2.91. The second-order valence-corrected chi connectivity index (χ2v) is 5.65. The Labute approximate surface area is 123 Å². The van der Waals surface area contributed by atoms with Crippen LogP contribution in [0.4, 0.5) is 10.8 Å². The summed E-state index contributed by atoms with van der Waals surface area (Å²) in [5.41, 5.74) is 8.12. The highest BCUT2D eigenvalue weighted by Crippen LogP contribution is 2.36. The van der Waals surface area contributed by atoms with Crippen LogP contribution in [0.5, 0.6) is 5.75 Å². The molecule has 0 aliphatic rings. The number of aryl methyl sites for hydroxylation is 2. The maximum Gasteiger partial charge on any atom is 0.197 e. The molecule has 3 N–H and O–H groups in total. The van der Waals surface area contributed by atoms with Gasteiger partial charge in [-0.2, -0.15) is 9.47 Å². The zero-order valence-electron chi connectivity index (χ0n) is 12.3. The zero-order chi connectivity index (χ0) is 14.7. The molecule has 0 aromatic carbocycles. The Balaban J connectivity index is 2.10. The largest absolute Gasteiger partial charge is 0.484 e. The van der Waals surface area contributed by atoms with Crippen molar-refractivity contribution in [2.45, 2.75) is 39.8 Å². The summed E-state index contributed by atoms with van der Waals surface area (Å²) >= 11 is 1.32. The fourth-order valence-electron chi connectivity index (χ4n) is 1.96. The van der Waals surface area contributed by atoms with E-state index in [9.17, 15) is 0 Å². The minimum absolute atomic E-state index is 0.0684. The van der Waals surface area contributed by atoms with Crippen LogP contribution < -0.4 is 15.8 Å². The van der Waals surface area contributed by atoms with Crippen LogP contribution in [0.2, 0.25) is 0 Å². The lowest BCUT2D eigenvalue weighted by atomic mass is 10.2. The van der Waals surface area contributed by atoms with Gasteiger partial charge in [-0.1, -0.05) is 6.92 Å². The van der Waals surface area contributed by atoms with Crippen molar-refractivity contribution in [3.63, 3.8) is 0 Å². The SMILES string of the molecule is CCc1nn(C)cc1CNc1snc(N)c1OC(C)C. The van der Waals surface area contributed by atoms with Crippen molar-refractivity contribution in [2.75, 3.05) is 11.1 Å². The van der Waals surface area contributed by atoms with Crippen LogP contribution in [0.25, 0.3) is 0 Å². The Morgan fingerprint density at radius 2 is 2.25 bits per heavy atom. The van der Waals surface area contributed by atoms with E-state index in [4.69, 9.17) is 10.5 Å². The van der Waals surface area contributed by atoms with Gasteiger partial charge in [-0.3, -0.25) is 4.68 Å². The fraction of sp³-hybridized carbons (Fsp3) is 0.538. The number of anilines is 2. The third-order valence-corrected chi connectivity index (χ3v) is 3.59. The van der Waals surface area contributed by atoms with Crippen molar-refractivity contribution in [1.82, 2.24) is 14.2 Å². The number of hydrogen-bond acceptors (Lipinski definition) is 6. The van der Waals surface area contributed by atoms with Crippen LogP contribution in [-0.4, -0.2) is 20.3 Å². The molecule has 0 unspecified atom stereocenters. The van der Waals surface area contributed by atoms with Crippen LogP contribution in [0, 0.1) is 0 Å². The van der Waals surface area contributed by atoms with E-state index in [0.717, 1.165) is 17.1 Å². The Bertz CT molecular complexity index is 575. The summed E-state index contributed by atoms with van der Waals surface area (Å²) in [6.07, 6.45) is 3.01. The third kappa shape index (κ3) is 3.22. The van der Waals surface area contributed by atoms with E-state index in [2.05, 4.69) is 21.7 Å². The molecule has 0 radical (unpaired) electrons. The molecule has 0 atom stereocenters. The quantitative estimate of drug-likeness (QED) is 0.855. The van der Waals surface area contributed by atoms with Gasteiger partial charge in [0.25, 0.3) is 0 Å². The molecule has 0 spiro atoms. The van der Waals surface area contributed by atoms with Crippen molar-refractivity contribution in [1.29, 1.82) is 0 Å². The highest BCUT2D eigenvalue weighted by atomic mass is 32.1. The molecule has 110 valence electrons. The van der Waals surface area contributed by atoms with Gasteiger partial charge in [0, 0.05) is 25.4 Å². The number of aromatic nitrogens is 3. The van der Waals surface area contributed by atoms with Gasteiger partial charge >= 0.3 is 0 Å². The molecule has 2 rings (SSSR count). The third-order valence-electron chi connectivity index (χ3n) is 2.79. The number of nitrogens with two attached hydrogens (primary N) is 1. The Morgan fingerprint density at radius 3 is 2.90 bits per heavy atom. The Hall–Kier alpha value is -1.76. The first kappa shape index (κ1) is 14.6. The predicted molar refractivity (Wildman–Crippen MR) is 82.2 cm³/mol. The summed E-state index contributed by atoms with van der Waals surface area (Å²) in [5.74, 6) is 1.08. The van der Waals surface area contributed by atoms with Gasteiger partial charge < -0.3 is 15.8 Å². The van der Waals surface area contributed by atoms with Gasteiger partial charge in [0.2, 0.25) is 0 Å². The van der Waals surface area contributed by atoms with Crippen molar-refractivity contribution < 1.29 is 4.74 Å². The van der Waals surface area contributed by atoms with E-state index in [-0.39, 0.29) is 6.10 Å². The number of nitrogens with one attached hydrogen (secondary N) is 1. The highest BCUT2D eigenvalue weighted by Gasteiger charge is 2.15. The van der Waals surface area contributed by atoms with E-state index in [1.54, 1.807) is 0 Å². The van der Waals surface area contributed by atoms with Gasteiger partial charge in [-0.25, -0.2) is 0 Å². The molecular formula is C13H21N5OS. The first-order valence-corrected chi connectivity index (χ1v) is 7.45. The highest BCUT2D eigenvalue weighted by molar-refractivity contribution is 7.11. The molecule has 6 nitrogen and oxygen atoms in total. The summed E-state index contributed by atoms with van der Waals surface area (Å²) < 4.78 is 11.7. The second kappa shape index (κ2) is 6.13. The van der Waals surface area contributed by atoms with Crippen molar-refractivity contribution in [3.05, 3.63) is 17.5 Å². The fourth-order valence-corrected chi connectivity index (χ4v) is 2.61. The van der Waals surface area contributed by atoms with Crippen LogP contribution in [-0.2, 0) is 20.0 Å². The number of rotatable bonds is 6. The van der Waals surface area contributed by atoms with Crippen LogP contribution in [0.15, 0.2) is 6.20 Å². The van der Waals surface area contributed by atoms with Gasteiger partial charge in [-0.05, 0) is 31.8 Å². The Morgan fingerprint density at radius 1 is 1.50 bits per heavy atom. The minimum Gasteiger partial charge on any atom is -0.484 e. The van der Waals surface area contributed by atoms with Crippen LogP contribution >= 0.6 is 11.5 Å². The van der Waals surface area contributed by atoms with Crippen molar-refractivity contribution in [2.24, 2.45) is 7.05 Å². The summed E-state index contributed by atoms with van der Waals surface area (Å²) in [7, 11) is 1.93. The van der Waals surface area contributed by atoms with E-state index >= 15 is 0 Å². The smallest absolute Gasteiger partial charge is 0.197 e. The molecule has 0 saturated heterocycles. The lowest BCUT2D eigenvalue weighted by molar-refractivity contribution is 0.245. The maximum atomic E-state index is 5.84. The molecule has 0 fully saturated rings. The minimum atomic E-state index is 0.0684. The number of ether oxygens (including phenoxy) is 1. The monoisotopic (exact) mass is 295 g/mol. The van der Waals surface area contributed by atoms with Crippen molar-refractivity contribution in [3.8, 4) is 5.75 Å². The lowest BCUT2D eigenvalue weighted by Gasteiger charge is -2.11. The van der Waals surface area contributed by atoms with Crippen LogP contribution in [0.3, 0.4) is 0 Å². The van der Waals surface area contributed by atoms with Gasteiger partial charge in [-0.15, -0.1) is 0 Å². The molecular weight excluding hydrogens is 274 g/mol. The van der Waals surface area contributed by atoms with E-state index in [1.165, 1.54) is 17.1 Å². The standard InChI is InChI=1S/C13H21N5OS/c1-5-10-9(7-18(4)16-10)6-15-13-11(19-8(2)3)12(14)17-20-13/h7-8,15H,5-6H2,1-4H3,(H2,14,17). The number of nitrogens with zero attached hydrogens (tertiary/aromatic N) is 3. The van der Waals surface area contributed by atoms with Gasteiger partial charge in [0.1, 0.15) is 0 Å². The molecule has 0 amide bonds. The summed E-state index contributed by atoms with van der Waals surface area (Å²) in [6.45, 7) is 6.73. The Kier molecular flexibility index (Phi) is 4.49. The average molecular weight is 295 g/mol. The van der Waals surface area contributed by atoms with Gasteiger partial charge in [0.15, 0.2) is 16.6 Å². The number of nitrogen functional groups attached to an aromatic ring is 1. The predicted octanol–water partition coefficient (Wildman–Crippen LogP) is 2.42. The summed E-state index contributed by atoms with van der Waals surface area (Å²) in [4.78, 5) is 0. The molecule has 2 heterocycles. The van der Waals surface area contributed by atoms with E-state index < -0.39 is 0 Å². The van der Waals surface area contributed by atoms with E-state index in [0.29, 0.717) is 18.1 Å². The lowest BCUT2D eigenvalue weighted by Crippen LogP contribution is -2.09. The van der Waals surface area contributed by atoms with Crippen LogP contribution in [0.1, 0.15) is 32.0 Å². The molecule has 0 aliphatic heterocycles. The molecule has 20 heavy (non-hydrogen) atoms. The van der Waals surface area contributed by atoms with E-state index in [1.807, 2.05) is 31.8 Å². The molecule has 0 aliphatic carbocycles. The molecule has 0 bridgehead atoms. The molecule has 0 saturated carbocycles. The van der Waals surface area contributed by atoms with Crippen molar-refractivity contribution >= 4 is 22.4 Å². The normalized spacial score (nSPS) is 11.1. The second-order valence-electron chi connectivity index (χ2n) is 4.87. The molecule has 2 aromatic rings. The summed E-state index contributed by atoms with van der Waals surface area (Å²) in [6, 6.07) is 0. The zero-order valence-corrected chi connectivity index (χ0v) is 13.1. The summed E-state index contributed by atoms with van der Waals surface area (Å²) in [5, 5.41) is 8.63. The molecule has 7 heteroatoms. The van der Waals surface area contributed by atoms with Gasteiger partial charge in [0.05, 0.1) is 11.8 Å². The maximum absolute atomic E-state index is 5.84. The number of hydrogen-bond donors (Lipinski definition) is 2. The molecule has 2 aromatic heterocycles. The first-order chi connectivity index (χ1) is 9.51. The first-order valence-electron chi connectivity index (χ1n) is 6.68. The topological polar surface area (TPSA) is 78.0 Å².